The molecule has 0 fully saturated rings. The van der Waals surface area contributed by atoms with E-state index in [1.54, 1.807) is 0 Å². The minimum Gasteiger partial charge on any atom is -0.478 e. The Labute approximate surface area is 147 Å². The lowest BCUT2D eigenvalue weighted by atomic mass is 9.78. The van der Waals surface area contributed by atoms with E-state index in [2.05, 4.69) is 5.32 Å². The van der Waals surface area contributed by atoms with E-state index in [0.29, 0.717) is 6.07 Å². The molecule has 27 heavy (non-hydrogen) atoms. The normalized spacial score (nSPS) is 17.8. The number of benzene rings is 1. The number of rotatable bonds is 4. The molecule has 1 aromatic rings. The molecule has 1 aliphatic rings. The van der Waals surface area contributed by atoms with Crippen LogP contribution in [0.3, 0.4) is 0 Å². The molecule has 0 aliphatic carbocycles. The third kappa shape index (κ3) is 3.49. The maximum Gasteiger partial charge on any atom is 0.419 e. The third-order valence-corrected chi connectivity index (χ3v) is 3.95. The molecular weight excluding hydrogens is 384 g/mol. The number of hydrogen-bond donors (Lipinski definition) is 3. The Balaban J connectivity index is 3.00. The summed E-state index contributed by atoms with van der Waals surface area (Å²) in [6.45, 7) is -0.476. The predicted molar refractivity (Wildman–Crippen MR) is 78.2 cm³/mol. The van der Waals surface area contributed by atoms with Crippen molar-refractivity contribution in [1.29, 1.82) is 0 Å². The summed E-state index contributed by atoms with van der Waals surface area (Å²) >= 11 is 0. The quantitative estimate of drug-likeness (QED) is 0.681. The summed E-state index contributed by atoms with van der Waals surface area (Å²) in [7, 11) is 0. The zero-order chi connectivity index (χ0) is 20.7. The van der Waals surface area contributed by atoms with E-state index in [1.165, 1.54) is 0 Å². The Morgan fingerprint density at radius 2 is 1.59 bits per heavy atom. The van der Waals surface area contributed by atoms with Gasteiger partial charge >= 0.3 is 18.1 Å². The van der Waals surface area contributed by atoms with E-state index in [-0.39, 0.29) is 6.07 Å². The standard InChI is InChI=1S/C16H11F6NO4/c1-5-9(14(24)25)12(11(15(26)27)8(4-17)23-5)10-6(18)2-3-7(19)13(10)16(20,21)22/h2-3,12,23H,4H2,1H3,(H,24,25)(H,26,27). The summed E-state index contributed by atoms with van der Waals surface area (Å²) in [5, 5.41) is 20.8. The van der Waals surface area contributed by atoms with Crippen LogP contribution in [0.15, 0.2) is 34.7 Å². The van der Waals surface area contributed by atoms with Gasteiger partial charge in [0, 0.05) is 11.3 Å². The van der Waals surface area contributed by atoms with Crippen molar-refractivity contribution >= 4 is 11.9 Å². The smallest absolute Gasteiger partial charge is 0.419 e. The first-order valence-electron chi connectivity index (χ1n) is 7.20. The lowest BCUT2D eigenvalue weighted by Gasteiger charge is -2.30. The van der Waals surface area contributed by atoms with Crippen molar-refractivity contribution in [1.82, 2.24) is 5.32 Å². The highest BCUT2D eigenvalue weighted by molar-refractivity contribution is 5.98. The fourth-order valence-electron chi connectivity index (χ4n) is 2.96. The summed E-state index contributed by atoms with van der Waals surface area (Å²) in [4.78, 5) is 23.1. The van der Waals surface area contributed by atoms with Gasteiger partial charge in [-0.1, -0.05) is 0 Å². The van der Waals surface area contributed by atoms with Crippen LogP contribution >= 0.6 is 0 Å². The zero-order valence-electron chi connectivity index (χ0n) is 13.4. The van der Waals surface area contributed by atoms with Crippen LogP contribution in [0.2, 0.25) is 0 Å². The molecule has 1 atom stereocenters. The van der Waals surface area contributed by atoms with E-state index in [1.807, 2.05) is 0 Å². The van der Waals surface area contributed by atoms with E-state index >= 15 is 0 Å². The van der Waals surface area contributed by atoms with Crippen LogP contribution in [-0.2, 0) is 15.8 Å². The largest absolute Gasteiger partial charge is 0.478 e. The maximum atomic E-state index is 14.4. The molecule has 0 spiro atoms. The first-order chi connectivity index (χ1) is 12.4. The minimum absolute atomic E-state index is 0.181. The number of alkyl halides is 4. The zero-order valence-corrected chi connectivity index (χ0v) is 13.4. The second kappa shape index (κ2) is 6.97. The van der Waals surface area contributed by atoms with Crippen molar-refractivity contribution in [2.75, 3.05) is 6.67 Å². The van der Waals surface area contributed by atoms with Crippen LogP contribution in [0, 0.1) is 11.6 Å². The number of aliphatic carboxylic acids is 2. The fraction of sp³-hybridized carbons (Fsp3) is 0.250. The molecular formula is C16H11F6NO4. The Kier molecular flexibility index (Phi) is 5.25. The molecule has 1 heterocycles. The number of carboxylic acids is 2. The number of hydrogen-bond acceptors (Lipinski definition) is 3. The Morgan fingerprint density at radius 3 is 2.04 bits per heavy atom. The molecule has 3 N–H and O–H groups in total. The van der Waals surface area contributed by atoms with Gasteiger partial charge in [0.1, 0.15) is 18.3 Å². The fourth-order valence-corrected chi connectivity index (χ4v) is 2.96. The topological polar surface area (TPSA) is 86.6 Å². The van der Waals surface area contributed by atoms with Crippen LogP contribution in [0.25, 0.3) is 0 Å². The Hall–Kier alpha value is -2.98. The van der Waals surface area contributed by atoms with Crippen molar-refractivity contribution < 1.29 is 46.1 Å². The maximum absolute atomic E-state index is 14.4. The summed E-state index contributed by atoms with van der Waals surface area (Å²) < 4.78 is 81.6. The molecule has 2 rings (SSSR count). The van der Waals surface area contributed by atoms with Gasteiger partial charge < -0.3 is 15.5 Å². The van der Waals surface area contributed by atoms with Crippen LogP contribution in [-0.4, -0.2) is 28.8 Å². The number of carbonyl (C=O) groups is 2. The van der Waals surface area contributed by atoms with Gasteiger partial charge in [-0.2, -0.15) is 13.2 Å². The summed E-state index contributed by atoms with van der Waals surface area (Å²) in [5.74, 6) is -9.86. The highest BCUT2D eigenvalue weighted by Gasteiger charge is 2.46. The van der Waals surface area contributed by atoms with Gasteiger partial charge in [-0.3, -0.25) is 0 Å². The molecule has 1 unspecified atom stereocenters. The second-order valence-electron chi connectivity index (χ2n) is 5.55. The van der Waals surface area contributed by atoms with Gasteiger partial charge in [0.15, 0.2) is 0 Å². The van der Waals surface area contributed by atoms with Gasteiger partial charge in [-0.15, -0.1) is 0 Å². The van der Waals surface area contributed by atoms with Crippen molar-refractivity contribution in [3.8, 4) is 0 Å². The first-order valence-corrected chi connectivity index (χ1v) is 7.20. The van der Waals surface area contributed by atoms with Crippen LogP contribution in [0.4, 0.5) is 26.3 Å². The van der Waals surface area contributed by atoms with Gasteiger partial charge in [-0.25, -0.2) is 22.8 Å². The molecule has 0 aromatic heterocycles. The summed E-state index contributed by atoms with van der Waals surface area (Å²) in [6.07, 6.45) is -5.47. The molecule has 5 nitrogen and oxygen atoms in total. The molecule has 1 aromatic carbocycles. The number of carboxylic acid groups (broad SMARTS) is 2. The predicted octanol–water partition coefficient (Wildman–Crippen LogP) is 3.34. The lowest BCUT2D eigenvalue weighted by molar-refractivity contribution is -0.142. The van der Waals surface area contributed by atoms with Crippen molar-refractivity contribution in [3.05, 3.63) is 57.4 Å². The van der Waals surface area contributed by atoms with Crippen molar-refractivity contribution in [2.45, 2.75) is 19.0 Å². The van der Waals surface area contributed by atoms with Crippen LogP contribution < -0.4 is 5.32 Å². The van der Waals surface area contributed by atoms with E-state index in [9.17, 15) is 46.1 Å². The van der Waals surface area contributed by atoms with E-state index in [0.717, 1.165) is 6.92 Å². The molecule has 146 valence electrons. The monoisotopic (exact) mass is 395 g/mol. The van der Waals surface area contributed by atoms with Gasteiger partial charge in [0.2, 0.25) is 0 Å². The van der Waals surface area contributed by atoms with Gasteiger partial charge in [-0.05, 0) is 19.1 Å². The lowest BCUT2D eigenvalue weighted by Crippen LogP contribution is -2.34. The number of nitrogens with one attached hydrogen (secondary N) is 1. The average molecular weight is 395 g/mol. The molecule has 1 aliphatic heterocycles. The molecule has 0 amide bonds. The van der Waals surface area contributed by atoms with Crippen molar-refractivity contribution in [2.24, 2.45) is 0 Å². The molecule has 0 saturated heterocycles. The molecule has 0 radical (unpaired) electrons. The molecule has 0 bridgehead atoms. The van der Waals surface area contributed by atoms with Crippen molar-refractivity contribution in [3.63, 3.8) is 0 Å². The minimum atomic E-state index is -5.47. The SMILES string of the molecule is CC1=C(C(=O)O)C(c2c(F)ccc(F)c2C(F)(F)F)C(C(=O)O)=C(CF)N1. The van der Waals surface area contributed by atoms with Gasteiger partial charge in [0.25, 0.3) is 0 Å². The second-order valence-corrected chi connectivity index (χ2v) is 5.55. The number of allylic oxidation sites excluding steroid dienone is 2. The number of dihydropyridines is 1. The first kappa shape index (κ1) is 20.3. The Bertz CT molecular complexity index is 888. The third-order valence-electron chi connectivity index (χ3n) is 3.95. The van der Waals surface area contributed by atoms with Crippen LogP contribution in [0.5, 0.6) is 0 Å². The van der Waals surface area contributed by atoms with E-state index in [4.69, 9.17) is 0 Å². The van der Waals surface area contributed by atoms with Crippen LogP contribution in [0.1, 0.15) is 24.0 Å². The summed E-state index contributed by atoms with van der Waals surface area (Å²) in [5.41, 5.74) is -6.98. The van der Waals surface area contributed by atoms with E-state index < -0.39 is 76.0 Å². The van der Waals surface area contributed by atoms with Gasteiger partial charge in [0.05, 0.1) is 28.3 Å². The summed E-state index contributed by atoms with van der Waals surface area (Å²) in [6, 6.07) is 0.491. The highest BCUT2D eigenvalue weighted by Crippen LogP contribution is 2.45. The Morgan fingerprint density at radius 1 is 1.07 bits per heavy atom. The number of halogens is 6. The highest BCUT2D eigenvalue weighted by atomic mass is 19.4. The molecule has 0 saturated carbocycles. The average Bonchev–Trinajstić information content (AvgIpc) is 2.53. The molecule has 11 heteroatoms.